The summed E-state index contributed by atoms with van der Waals surface area (Å²) in [4.78, 5) is 20.8. The number of hydrogen-bond donors (Lipinski definition) is 0. The first-order chi connectivity index (χ1) is 12.6. The Balaban J connectivity index is 1.71. The molecular weight excluding hydrogens is 336 g/mol. The molecule has 0 atom stereocenters. The van der Waals surface area contributed by atoms with Gasteiger partial charge in [-0.15, -0.1) is 0 Å². The van der Waals surface area contributed by atoms with Crippen LogP contribution in [0.2, 0.25) is 0 Å². The van der Waals surface area contributed by atoms with Gasteiger partial charge in [0.15, 0.2) is 0 Å². The Kier molecular flexibility index (Phi) is 5.58. The van der Waals surface area contributed by atoms with E-state index in [9.17, 15) is 20.2 Å². The maximum absolute atomic E-state index is 11.2. The van der Waals surface area contributed by atoms with Gasteiger partial charge in [0.2, 0.25) is 0 Å². The van der Waals surface area contributed by atoms with Gasteiger partial charge in [0.25, 0.3) is 11.4 Å². The third-order valence-electron chi connectivity index (χ3n) is 4.83. The second-order valence-corrected chi connectivity index (χ2v) is 6.47. The number of hydrogen-bond acceptors (Lipinski definition) is 5. The molecule has 0 N–H and O–H groups in total. The molecule has 1 fully saturated rings. The smallest absolute Gasteiger partial charge is 0.281 e. The van der Waals surface area contributed by atoms with E-state index in [1.807, 2.05) is 12.2 Å². The summed E-state index contributed by atoms with van der Waals surface area (Å²) in [5.74, 6) is 0.199. The highest BCUT2D eigenvalue weighted by molar-refractivity contribution is 5.48. The summed E-state index contributed by atoms with van der Waals surface area (Å²) < 4.78 is 5.81. The van der Waals surface area contributed by atoms with Gasteiger partial charge < -0.3 is 4.74 Å². The topological polar surface area (TPSA) is 95.5 Å². The van der Waals surface area contributed by atoms with Gasteiger partial charge in [-0.25, -0.2) is 0 Å². The van der Waals surface area contributed by atoms with Crippen LogP contribution in [0.5, 0.6) is 0 Å². The van der Waals surface area contributed by atoms with E-state index < -0.39 is 9.85 Å². The third kappa shape index (κ3) is 4.05. The molecule has 2 aliphatic carbocycles. The summed E-state index contributed by atoms with van der Waals surface area (Å²) >= 11 is 0. The Labute approximate surface area is 151 Å². The fourth-order valence-corrected chi connectivity index (χ4v) is 3.46. The van der Waals surface area contributed by atoms with Crippen LogP contribution in [0.15, 0.2) is 53.6 Å². The van der Waals surface area contributed by atoms with Gasteiger partial charge >= 0.3 is 0 Å². The fourth-order valence-electron chi connectivity index (χ4n) is 3.46. The molecule has 3 rings (SSSR count). The lowest BCUT2D eigenvalue weighted by Gasteiger charge is -2.20. The van der Waals surface area contributed by atoms with Crippen molar-refractivity contribution in [2.45, 2.75) is 32.3 Å². The normalized spacial score (nSPS) is 17.1. The summed E-state index contributed by atoms with van der Waals surface area (Å²) in [7, 11) is 0. The monoisotopic (exact) mass is 356 g/mol. The summed E-state index contributed by atoms with van der Waals surface area (Å²) in [6.45, 7) is 0.506. The Hall–Kier alpha value is -2.80. The van der Waals surface area contributed by atoms with Gasteiger partial charge in [0.1, 0.15) is 0 Å². The van der Waals surface area contributed by atoms with Gasteiger partial charge in [-0.2, -0.15) is 0 Å². The van der Waals surface area contributed by atoms with Gasteiger partial charge in [-0.3, -0.25) is 20.2 Å². The van der Waals surface area contributed by atoms with Crippen molar-refractivity contribution < 1.29 is 14.6 Å². The third-order valence-corrected chi connectivity index (χ3v) is 4.83. The van der Waals surface area contributed by atoms with E-state index in [4.69, 9.17) is 4.74 Å². The first kappa shape index (κ1) is 18.0. The molecule has 0 radical (unpaired) electrons. The number of benzene rings is 1. The highest BCUT2D eigenvalue weighted by Gasteiger charge is 2.24. The van der Waals surface area contributed by atoms with E-state index in [0.717, 1.165) is 31.7 Å². The molecule has 26 heavy (non-hydrogen) atoms. The summed E-state index contributed by atoms with van der Waals surface area (Å²) in [5, 5.41) is 22.0. The average molecular weight is 356 g/mol. The standard InChI is InChI=1S/C19H20N2O5/c22-20(23)17-10-9-16(19(11-17)21(24)25)12-26-13-18-14-5-1-2-6-15(18)8-4-3-7-14/h1-2,5-6,9-11,18H,3-4,7-8,12-13H2. The molecule has 1 aromatic rings. The lowest BCUT2D eigenvalue weighted by atomic mass is 9.91. The molecule has 0 amide bonds. The van der Waals surface area contributed by atoms with Crippen molar-refractivity contribution >= 4 is 11.4 Å². The molecule has 0 heterocycles. The van der Waals surface area contributed by atoms with Crippen LogP contribution in [0.1, 0.15) is 31.2 Å². The molecular formula is C19H20N2O5. The van der Waals surface area contributed by atoms with E-state index in [-0.39, 0.29) is 23.9 Å². The number of non-ortho nitro benzene ring substituents is 1. The van der Waals surface area contributed by atoms with Crippen LogP contribution in [0.25, 0.3) is 0 Å². The van der Waals surface area contributed by atoms with Crippen LogP contribution in [0, 0.1) is 26.1 Å². The zero-order valence-corrected chi connectivity index (χ0v) is 14.3. The van der Waals surface area contributed by atoms with Crippen molar-refractivity contribution in [2.75, 3.05) is 6.61 Å². The minimum atomic E-state index is -0.639. The van der Waals surface area contributed by atoms with Crippen molar-refractivity contribution in [3.63, 3.8) is 0 Å². The minimum Gasteiger partial charge on any atom is -0.376 e. The average Bonchev–Trinajstić information content (AvgIpc) is 2.93. The van der Waals surface area contributed by atoms with Crippen molar-refractivity contribution in [1.82, 2.24) is 0 Å². The Morgan fingerprint density at radius 2 is 1.65 bits per heavy atom. The van der Waals surface area contributed by atoms with Gasteiger partial charge in [-0.05, 0) is 31.7 Å². The SMILES string of the molecule is O=[N+]([O-])c1ccc(COCC2C3=CC=CC=C2CCCC3)c([N+](=O)[O-])c1. The first-order valence-electron chi connectivity index (χ1n) is 8.62. The van der Waals surface area contributed by atoms with Crippen molar-refractivity contribution in [3.8, 4) is 0 Å². The number of rotatable bonds is 6. The van der Waals surface area contributed by atoms with Crippen LogP contribution >= 0.6 is 0 Å². The van der Waals surface area contributed by atoms with Crippen LogP contribution in [0.4, 0.5) is 11.4 Å². The quantitative estimate of drug-likeness (QED) is 0.547. The number of ether oxygens (including phenoxy) is 1. The zero-order valence-electron chi connectivity index (χ0n) is 14.3. The molecule has 1 aromatic carbocycles. The van der Waals surface area contributed by atoms with Crippen LogP contribution < -0.4 is 0 Å². The van der Waals surface area contributed by atoms with Crippen LogP contribution in [-0.4, -0.2) is 16.5 Å². The Bertz CT molecular complexity index is 784. The van der Waals surface area contributed by atoms with E-state index >= 15 is 0 Å². The summed E-state index contributed by atoms with van der Waals surface area (Å²) in [6, 6.07) is 3.65. The fraction of sp³-hybridized carbons (Fsp3) is 0.368. The minimum absolute atomic E-state index is 0.0544. The number of fused-ring (bicyclic) bond motifs is 2. The van der Waals surface area contributed by atoms with Crippen LogP contribution in [-0.2, 0) is 11.3 Å². The lowest BCUT2D eigenvalue weighted by molar-refractivity contribution is -0.394. The molecule has 7 nitrogen and oxygen atoms in total. The van der Waals surface area contributed by atoms with Crippen molar-refractivity contribution in [2.24, 2.45) is 5.92 Å². The van der Waals surface area contributed by atoms with Gasteiger partial charge in [0, 0.05) is 12.0 Å². The molecule has 136 valence electrons. The largest absolute Gasteiger partial charge is 0.376 e. The molecule has 0 spiro atoms. The zero-order chi connectivity index (χ0) is 18.5. The molecule has 0 aromatic heterocycles. The Morgan fingerprint density at radius 1 is 1.00 bits per heavy atom. The molecule has 0 saturated heterocycles. The highest BCUT2D eigenvalue weighted by Crippen LogP contribution is 2.35. The summed E-state index contributed by atoms with van der Waals surface area (Å²) in [5.41, 5.74) is 2.44. The molecule has 2 bridgehead atoms. The lowest BCUT2D eigenvalue weighted by Crippen LogP contribution is -2.14. The first-order valence-corrected chi connectivity index (χ1v) is 8.62. The van der Waals surface area contributed by atoms with E-state index in [1.54, 1.807) is 0 Å². The van der Waals surface area contributed by atoms with Crippen molar-refractivity contribution in [3.05, 3.63) is 79.4 Å². The molecule has 0 unspecified atom stereocenters. The van der Waals surface area contributed by atoms with Gasteiger partial charge in [-0.1, -0.05) is 35.5 Å². The molecule has 2 aliphatic rings. The van der Waals surface area contributed by atoms with Gasteiger partial charge in [0.05, 0.1) is 34.7 Å². The second-order valence-electron chi connectivity index (χ2n) is 6.47. The van der Waals surface area contributed by atoms with E-state index in [1.165, 1.54) is 23.3 Å². The predicted octanol–water partition coefficient (Wildman–Crippen LogP) is 4.63. The number of allylic oxidation sites excluding steroid dienone is 4. The molecule has 7 heteroatoms. The molecule has 1 saturated carbocycles. The summed E-state index contributed by atoms with van der Waals surface area (Å²) in [6.07, 6.45) is 12.7. The molecule has 0 aliphatic heterocycles. The number of nitro groups is 2. The van der Waals surface area contributed by atoms with Crippen LogP contribution in [0.3, 0.4) is 0 Å². The number of nitrogens with zero attached hydrogens (tertiary/aromatic N) is 2. The maximum Gasteiger partial charge on any atom is 0.281 e. The van der Waals surface area contributed by atoms with Crippen molar-refractivity contribution in [1.29, 1.82) is 0 Å². The predicted molar refractivity (Wildman–Crippen MR) is 96.7 cm³/mol. The Morgan fingerprint density at radius 3 is 2.23 bits per heavy atom. The maximum atomic E-state index is 11.2. The number of nitro benzene ring substituents is 2. The van der Waals surface area contributed by atoms with E-state index in [0.29, 0.717) is 12.2 Å². The second kappa shape index (κ2) is 8.05. The highest BCUT2D eigenvalue weighted by atomic mass is 16.6. The van der Waals surface area contributed by atoms with E-state index in [2.05, 4.69) is 12.2 Å².